The molecule has 3 heterocycles. The van der Waals surface area contributed by atoms with Gasteiger partial charge in [0.15, 0.2) is 17.3 Å². The molecule has 0 atom stereocenters. The van der Waals surface area contributed by atoms with Gasteiger partial charge >= 0.3 is 0 Å². The molecule has 2 N–H and O–H groups in total. The van der Waals surface area contributed by atoms with Gasteiger partial charge in [0.1, 0.15) is 0 Å². The molecule has 25 heavy (non-hydrogen) atoms. The molecule has 0 aliphatic rings. The van der Waals surface area contributed by atoms with E-state index in [-0.39, 0.29) is 11.6 Å². The molecule has 4 aromatic rings. The zero-order valence-corrected chi connectivity index (χ0v) is 13.2. The second-order valence-corrected chi connectivity index (χ2v) is 5.20. The van der Waals surface area contributed by atoms with Crippen molar-refractivity contribution in [3.05, 3.63) is 60.1 Å². The largest absolute Gasteiger partial charge is 0.461 e. The molecule has 1 amide bonds. The molecule has 0 radical (unpaired) electrons. The van der Waals surface area contributed by atoms with Crippen molar-refractivity contribution in [2.24, 2.45) is 0 Å². The summed E-state index contributed by atoms with van der Waals surface area (Å²) in [6.07, 6.45) is 1.53. The lowest BCUT2D eigenvalue weighted by molar-refractivity contribution is 0.102. The van der Waals surface area contributed by atoms with Crippen LogP contribution in [0.3, 0.4) is 0 Å². The Labute approximate surface area is 141 Å². The summed E-state index contributed by atoms with van der Waals surface area (Å²) in [7, 11) is 0. The van der Waals surface area contributed by atoms with Crippen molar-refractivity contribution in [3.8, 4) is 17.3 Å². The lowest BCUT2D eigenvalue weighted by Crippen LogP contribution is -2.15. The minimum atomic E-state index is -0.440. The Morgan fingerprint density at radius 1 is 1.16 bits per heavy atom. The van der Waals surface area contributed by atoms with E-state index < -0.39 is 5.91 Å². The molecule has 0 aliphatic carbocycles. The monoisotopic (exact) mass is 335 g/mol. The number of carbonyl (C=O) groups excluding carboxylic acids is 1. The van der Waals surface area contributed by atoms with E-state index in [4.69, 9.17) is 4.42 Å². The Hall–Kier alpha value is -3.75. The van der Waals surface area contributed by atoms with E-state index in [1.807, 2.05) is 30.3 Å². The summed E-state index contributed by atoms with van der Waals surface area (Å²) in [5.41, 5.74) is 1.47. The van der Waals surface area contributed by atoms with E-state index >= 15 is 0 Å². The highest BCUT2D eigenvalue weighted by atomic mass is 16.3. The van der Waals surface area contributed by atoms with Gasteiger partial charge < -0.3 is 4.42 Å². The molecule has 0 saturated carbocycles. The highest BCUT2D eigenvalue weighted by Gasteiger charge is 2.18. The number of rotatable bonds is 4. The fourth-order valence-electron chi connectivity index (χ4n) is 2.27. The summed E-state index contributed by atoms with van der Waals surface area (Å²) in [4.78, 5) is 18.0. The number of hydrogen-bond acceptors (Lipinski definition) is 6. The molecule has 9 nitrogen and oxygen atoms in total. The molecule has 0 aliphatic heterocycles. The highest BCUT2D eigenvalue weighted by Crippen LogP contribution is 2.16. The van der Waals surface area contributed by atoms with Gasteiger partial charge in [-0.3, -0.25) is 15.2 Å². The van der Waals surface area contributed by atoms with E-state index in [9.17, 15) is 4.79 Å². The molecular formula is C16H13N7O2. The first kappa shape index (κ1) is 14.8. The normalized spacial score (nSPS) is 10.8. The first-order valence-electron chi connectivity index (χ1n) is 7.48. The van der Waals surface area contributed by atoms with Crippen LogP contribution in [-0.2, 0) is 0 Å². The van der Waals surface area contributed by atoms with Gasteiger partial charge in [0, 0.05) is 0 Å². The van der Waals surface area contributed by atoms with Crippen LogP contribution < -0.4 is 5.32 Å². The predicted molar refractivity (Wildman–Crippen MR) is 88.1 cm³/mol. The van der Waals surface area contributed by atoms with Crippen molar-refractivity contribution in [1.82, 2.24) is 30.2 Å². The first-order chi connectivity index (χ1) is 12.2. The van der Waals surface area contributed by atoms with E-state index in [0.717, 1.165) is 5.69 Å². The highest BCUT2D eigenvalue weighted by molar-refractivity contribution is 6.02. The van der Waals surface area contributed by atoms with Crippen molar-refractivity contribution in [2.75, 3.05) is 5.32 Å². The molecule has 1 aromatic carbocycles. The maximum absolute atomic E-state index is 12.4. The Kier molecular flexibility index (Phi) is 3.58. The Morgan fingerprint density at radius 2 is 2.00 bits per heavy atom. The predicted octanol–water partition coefficient (Wildman–Crippen LogP) is 2.21. The number of nitrogens with one attached hydrogen (secondary N) is 2. The van der Waals surface area contributed by atoms with Crippen molar-refractivity contribution >= 4 is 11.9 Å². The minimum absolute atomic E-state index is 0.130. The number of carbonyl (C=O) groups is 1. The number of benzene rings is 1. The maximum atomic E-state index is 12.4. The van der Waals surface area contributed by atoms with Crippen molar-refractivity contribution in [1.29, 1.82) is 0 Å². The van der Waals surface area contributed by atoms with Crippen molar-refractivity contribution < 1.29 is 9.21 Å². The van der Waals surface area contributed by atoms with Crippen LogP contribution in [0.25, 0.3) is 17.3 Å². The lowest BCUT2D eigenvalue weighted by Gasteiger charge is -1.98. The average molecular weight is 335 g/mol. The second kappa shape index (κ2) is 6.04. The number of anilines is 1. The molecule has 9 heteroatoms. The van der Waals surface area contributed by atoms with Crippen LogP contribution >= 0.6 is 0 Å². The molecule has 0 fully saturated rings. The summed E-state index contributed by atoms with van der Waals surface area (Å²) in [6, 6.07) is 12.8. The third kappa shape index (κ3) is 2.90. The van der Waals surface area contributed by atoms with Gasteiger partial charge in [-0.15, -0.1) is 10.2 Å². The van der Waals surface area contributed by atoms with Crippen LogP contribution in [0.15, 0.2) is 53.1 Å². The van der Waals surface area contributed by atoms with E-state index in [0.29, 0.717) is 17.3 Å². The van der Waals surface area contributed by atoms with Crippen molar-refractivity contribution in [2.45, 2.75) is 6.92 Å². The summed E-state index contributed by atoms with van der Waals surface area (Å²) in [5.74, 6) is 0.638. The summed E-state index contributed by atoms with van der Waals surface area (Å²) in [5, 5.41) is 17.8. The van der Waals surface area contributed by atoms with Gasteiger partial charge in [-0.1, -0.05) is 18.2 Å². The molecule has 124 valence electrons. The number of aromatic amines is 1. The van der Waals surface area contributed by atoms with E-state index in [1.54, 1.807) is 19.1 Å². The zero-order valence-electron chi connectivity index (χ0n) is 13.2. The number of hydrogen-bond donors (Lipinski definition) is 2. The molecule has 0 saturated heterocycles. The fourth-order valence-corrected chi connectivity index (χ4v) is 2.27. The maximum Gasteiger partial charge on any atom is 0.280 e. The minimum Gasteiger partial charge on any atom is -0.461 e. The van der Waals surface area contributed by atoms with Crippen LogP contribution in [0.4, 0.5) is 5.95 Å². The summed E-state index contributed by atoms with van der Waals surface area (Å²) in [6.45, 7) is 1.72. The summed E-state index contributed by atoms with van der Waals surface area (Å²) < 4.78 is 5.22. The number of amides is 1. The van der Waals surface area contributed by atoms with Gasteiger partial charge in [-0.2, -0.15) is 14.9 Å². The van der Waals surface area contributed by atoms with Crippen molar-refractivity contribution in [3.63, 3.8) is 0 Å². The SMILES string of the molecule is Cc1nn(-c2ccccc2)nc1C(=O)Nc1n[nH]c(-c2ccco2)n1. The van der Waals surface area contributed by atoms with Crippen LogP contribution in [0.2, 0.25) is 0 Å². The van der Waals surface area contributed by atoms with Crippen LogP contribution in [0.1, 0.15) is 16.2 Å². The number of aryl methyl sites for hydroxylation is 1. The van der Waals surface area contributed by atoms with Crippen LogP contribution in [0.5, 0.6) is 0 Å². The number of nitrogens with zero attached hydrogens (tertiary/aromatic N) is 5. The second-order valence-electron chi connectivity index (χ2n) is 5.20. The number of para-hydroxylation sites is 1. The molecule has 0 bridgehead atoms. The standard InChI is InChI=1S/C16H13N7O2/c1-10-13(22-23(21-10)11-6-3-2-4-7-11)15(24)18-16-17-14(19-20-16)12-8-5-9-25-12/h2-9H,1H3,(H2,17,18,19,20,24). The Bertz CT molecular complexity index is 1000. The Balaban J connectivity index is 1.55. The van der Waals surface area contributed by atoms with Gasteiger partial charge in [-0.25, -0.2) is 0 Å². The summed E-state index contributed by atoms with van der Waals surface area (Å²) >= 11 is 0. The van der Waals surface area contributed by atoms with E-state index in [2.05, 4.69) is 30.7 Å². The Morgan fingerprint density at radius 3 is 2.76 bits per heavy atom. The molecule has 4 rings (SSSR count). The van der Waals surface area contributed by atoms with Gasteiger partial charge in [0.25, 0.3) is 5.91 Å². The molecular weight excluding hydrogens is 322 g/mol. The smallest absolute Gasteiger partial charge is 0.280 e. The van der Waals surface area contributed by atoms with Crippen LogP contribution in [0, 0.1) is 6.92 Å². The third-order valence-corrected chi connectivity index (χ3v) is 3.45. The molecule has 0 unspecified atom stereocenters. The lowest BCUT2D eigenvalue weighted by atomic mass is 10.3. The number of aromatic nitrogens is 6. The molecule has 0 spiro atoms. The van der Waals surface area contributed by atoms with E-state index in [1.165, 1.54) is 11.1 Å². The fraction of sp³-hybridized carbons (Fsp3) is 0.0625. The topological polar surface area (TPSA) is 115 Å². The van der Waals surface area contributed by atoms with Gasteiger partial charge in [-0.05, 0) is 31.2 Å². The first-order valence-corrected chi connectivity index (χ1v) is 7.48. The van der Waals surface area contributed by atoms with Gasteiger partial charge in [0.05, 0.1) is 17.6 Å². The third-order valence-electron chi connectivity index (χ3n) is 3.45. The van der Waals surface area contributed by atoms with Gasteiger partial charge in [0.2, 0.25) is 5.95 Å². The molecule has 3 aromatic heterocycles. The number of H-pyrrole nitrogens is 1. The van der Waals surface area contributed by atoms with Crippen LogP contribution in [-0.4, -0.2) is 36.1 Å². The quantitative estimate of drug-likeness (QED) is 0.591. The average Bonchev–Trinajstić information content (AvgIpc) is 3.35. The number of furan rings is 1. The zero-order chi connectivity index (χ0) is 17.2.